The van der Waals surface area contributed by atoms with Gasteiger partial charge in [-0.25, -0.2) is 0 Å². The molecular weight excluding hydrogens is 271 g/mol. The second-order valence-corrected chi connectivity index (χ2v) is 5.51. The van der Waals surface area contributed by atoms with E-state index in [9.17, 15) is 13.2 Å². The summed E-state index contributed by atoms with van der Waals surface area (Å²) >= 11 is 1.47. The van der Waals surface area contributed by atoms with Crippen molar-refractivity contribution in [3.8, 4) is 0 Å². The zero-order valence-corrected chi connectivity index (χ0v) is 12.1. The van der Waals surface area contributed by atoms with Crippen LogP contribution < -0.4 is 5.32 Å². The quantitative estimate of drug-likeness (QED) is 0.577. The van der Waals surface area contributed by atoms with Gasteiger partial charge in [0.25, 0.3) is 0 Å². The number of benzene rings is 1. The van der Waals surface area contributed by atoms with Gasteiger partial charge in [0, 0.05) is 11.4 Å². The van der Waals surface area contributed by atoms with Crippen LogP contribution in [-0.2, 0) is 12.7 Å². The number of nitrogens with one attached hydrogen (secondary N) is 1. The van der Waals surface area contributed by atoms with Gasteiger partial charge in [-0.3, -0.25) is 0 Å². The minimum absolute atomic E-state index is 0.265. The van der Waals surface area contributed by atoms with Gasteiger partial charge >= 0.3 is 6.18 Å². The maximum absolute atomic E-state index is 13.0. The van der Waals surface area contributed by atoms with Gasteiger partial charge in [0.2, 0.25) is 0 Å². The highest BCUT2D eigenvalue weighted by Gasteiger charge is 2.33. The molecular formula is C14H20F3NS. The average molecular weight is 291 g/mol. The van der Waals surface area contributed by atoms with Crippen LogP contribution in [0.5, 0.6) is 0 Å². The molecule has 1 aromatic rings. The second-order valence-electron chi connectivity index (χ2n) is 4.34. The summed E-state index contributed by atoms with van der Waals surface area (Å²) in [6.07, 6.45) is -2.43. The average Bonchev–Trinajstić information content (AvgIpc) is 2.36. The Hall–Kier alpha value is -0.680. The number of halogens is 3. The summed E-state index contributed by atoms with van der Waals surface area (Å²) in [6.45, 7) is 4.99. The standard InChI is InChI=1S/C14H20F3NS/c1-3-7-18-10-11-5-6-12(19-8-4-2)9-13(11)14(15,16)17/h5-6,9,18H,3-4,7-8,10H2,1-2H3. The number of thioether (sulfide) groups is 1. The highest BCUT2D eigenvalue weighted by atomic mass is 32.2. The van der Waals surface area contributed by atoms with E-state index in [1.165, 1.54) is 17.8 Å². The minimum atomic E-state index is -4.29. The first-order valence-electron chi connectivity index (χ1n) is 6.52. The predicted molar refractivity (Wildman–Crippen MR) is 74.5 cm³/mol. The molecule has 0 atom stereocenters. The third-order valence-corrected chi connectivity index (χ3v) is 3.80. The lowest BCUT2D eigenvalue weighted by Crippen LogP contribution is -2.18. The SMILES string of the molecule is CCCNCc1ccc(SCCC)cc1C(F)(F)F. The first-order valence-corrected chi connectivity index (χ1v) is 7.51. The van der Waals surface area contributed by atoms with Crippen LogP contribution in [0.25, 0.3) is 0 Å². The van der Waals surface area contributed by atoms with Gasteiger partial charge in [-0.1, -0.05) is 19.9 Å². The highest BCUT2D eigenvalue weighted by molar-refractivity contribution is 7.99. The van der Waals surface area contributed by atoms with Gasteiger partial charge in [-0.05, 0) is 42.8 Å². The van der Waals surface area contributed by atoms with Crippen LogP contribution >= 0.6 is 11.8 Å². The van der Waals surface area contributed by atoms with Crippen molar-refractivity contribution in [3.05, 3.63) is 29.3 Å². The molecule has 0 unspecified atom stereocenters. The molecule has 0 heterocycles. The third kappa shape index (κ3) is 5.45. The van der Waals surface area contributed by atoms with Gasteiger partial charge in [-0.2, -0.15) is 13.2 Å². The number of hydrogen-bond acceptors (Lipinski definition) is 2. The topological polar surface area (TPSA) is 12.0 Å². The Morgan fingerprint density at radius 1 is 1.16 bits per heavy atom. The molecule has 0 aliphatic heterocycles. The Bertz CT molecular complexity index is 391. The lowest BCUT2D eigenvalue weighted by atomic mass is 10.1. The molecule has 0 fully saturated rings. The van der Waals surface area contributed by atoms with Crippen LogP contribution in [0.15, 0.2) is 23.1 Å². The van der Waals surface area contributed by atoms with Crippen molar-refractivity contribution in [3.63, 3.8) is 0 Å². The van der Waals surface area contributed by atoms with E-state index in [4.69, 9.17) is 0 Å². The maximum atomic E-state index is 13.0. The van der Waals surface area contributed by atoms with Gasteiger partial charge in [0.1, 0.15) is 0 Å². The summed E-state index contributed by atoms with van der Waals surface area (Å²) in [5, 5.41) is 3.02. The molecule has 1 aromatic carbocycles. The first kappa shape index (κ1) is 16.4. The molecule has 0 radical (unpaired) electrons. The number of alkyl halides is 3. The summed E-state index contributed by atoms with van der Waals surface area (Å²) < 4.78 is 39.1. The Balaban J connectivity index is 2.90. The molecule has 5 heteroatoms. The van der Waals surface area contributed by atoms with Crippen LogP contribution in [0, 0.1) is 0 Å². The van der Waals surface area contributed by atoms with E-state index in [0.717, 1.165) is 25.1 Å². The fourth-order valence-electron chi connectivity index (χ4n) is 1.68. The van der Waals surface area contributed by atoms with Crippen molar-refractivity contribution in [2.45, 2.75) is 44.3 Å². The Kier molecular flexibility index (Phi) is 6.72. The van der Waals surface area contributed by atoms with E-state index in [1.807, 2.05) is 13.8 Å². The van der Waals surface area contributed by atoms with Crippen LogP contribution in [0.2, 0.25) is 0 Å². The van der Waals surface area contributed by atoms with Crippen LogP contribution in [-0.4, -0.2) is 12.3 Å². The Labute approximate surface area is 117 Å². The molecule has 19 heavy (non-hydrogen) atoms. The molecule has 1 rings (SSSR count). The van der Waals surface area contributed by atoms with E-state index in [1.54, 1.807) is 12.1 Å². The Morgan fingerprint density at radius 2 is 1.89 bits per heavy atom. The summed E-state index contributed by atoms with van der Waals surface area (Å²) in [6, 6.07) is 4.63. The molecule has 0 bridgehead atoms. The zero-order chi connectivity index (χ0) is 14.3. The van der Waals surface area contributed by atoms with Crippen LogP contribution in [0.4, 0.5) is 13.2 Å². The smallest absolute Gasteiger partial charge is 0.313 e. The van der Waals surface area contributed by atoms with Crippen molar-refractivity contribution in [2.75, 3.05) is 12.3 Å². The summed E-state index contributed by atoms with van der Waals surface area (Å²) in [5.74, 6) is 0.838. The van der Waals surface area contributed by atoms with E-state index < -0.39 is 11.7 Å². The molecule has 0 aromatic heterocycles. The number of hydrogen-bond donors (Lipinski definition) is 1. The van der Waals surface area contributed by atoms with Crippen LogP contribution in [0.3, 0.4) is 0 Å². The fourth-order valence-corrected chi connectivity index (χ4v) is 2.49. The largest absolute Gasteiger partial charge is 0.416 e. The van der Waals surface area contributed by atoms with E-state index >= 15 is 0 Å². The molecule has 0 amide bonds. The van der Waals surface area contributed by atoms with Gasteiger partial charge in [0.15, 0.2) is 0 Å². The zero-order valence-electron chi connectivity index (χ0n) is 11.3. The van der Waals surface area contributed by atoms with Crippen molar-refractivity contribution in [2.24, 2.45) is 0 Å². The molecule has 0 aliphatic rings. The molecule has 0 spiro atoms. The van der Waals surface area contributed by atoms with Crippen molar-refractivity contribution in [1.82, 2.24) is 5.32 Å². The molecule has 0 saturated carbocycles. The Morgan fingerprint density at radius 3 is 2.47 bits per heavy atom. The normalized spacial score (nSPS) is 11.8. The van der Waals surface area contributed by atoms with E-state index in [-0.39, 0.29) is 6.54 Å². The molecule has 108 valence electrons. The predicted octanol–water partition coefficient (Wildman–Crippen LogP) is 4.71. The van der Waals surface area contributed by atoms with Gasteiger partial charge in [-0.15, -0.1) is 11.8 Å². The molecule has 1 nitrogen and oxygen atoms in total. The van der Waals surface area contributed by atoms with Gasteiger partial charge in [0.05, 0.1) is 5.56 Å². The third-order valence-electron chi connectivity index (χ3n) is 2.60. The lowest BCUT2D eigenvalue weighted by Gasteiger charge is -2.15. The van der Waals surface area contributed by atoms with Gasteiger partial charge < -0.3 is 5.32 Å². The van der Waals surface area contributed by atoms with E-state index in [2.05, 4.69) is 5.32 Å². The fraction of sp³-hybridized carbons (Fsp3) is 0.571. The van der Waals surface area contributed by atoms with Crippen molar-refractivity contribution >= 4 is 11.8 Å². The molecule has 0 saturated heterocycles. The lowest BCUT2D eigenvalue weighted by molar-refractivity contribution is -0.138. The first-order chi connectivity index (χ1) is 8.99. The molecule has 0 aliphatic carbocycles. The minimum Gasteiger partial charge on any atom is -0.313 e. The van der Waals surface area contributed by atoms with E-state index in [0.29, 0.717) is 10.5 Å². The number of rotatable bonds is 7. The van der Waals surface area contributed by atoms with Crippen molar-refractivity contribution in [1.29, 1.82) is 0 Å². The maximum Gasteiger partial charge on any atom is 0.416 e. The summed E-state index contributed by atoms with van der Waals surface area (Å²) in [4.78, 5) is 0.688. The monoisotopic (exact) mass is 291 g/mol. The highest BCUT2D eigenvalue weighted by Crippen LogP contribution is 2.34. The molecule has 1 N–H and O–H groups in total. The van der Waals surface area contributed by atoms with Crippen molar-refractivity contribution < 1.29 is 13.2 Å². The summed E-state index contributed by atoms with van der Waals surface area (Å²) in [7, 11) is 0. The second kappa shape index (κ2) is 7.80. The summed E-state index contributed by atoms with van der Waals surface area (Å²) in [5.41, 5.74) is -0.195. The van der Waals surface area contributed by atoms with Crippen LogP contribution in [0.1, 0.15) is 37.8 Å².